The Kier molecular flexibility index (Phi) is 6.78. The summed E-state index contributed by atoms with van der Waals surface area (Å²) in [5.41, 5.74) is 1.66. The molecule has 0 aliphatic carbocycles. The molecule has 156 valence electrons. The van der Waals surface area contributed by atoms with Crippen LogP contribution in [0.1, 0.15) is 22.9 Å². The average molecular weight is 418 g/mol. The zero-order chi connectivity index (χ0) is 21.7. The van der Waals surface area contributed by atoms with Crippen molar-refractivity contribution in [2.24, 2.45) is 0 Å². The monoisotopic (exact) mass is 418 g/mol. The van der Waals surface area contributed by atoms with Crippen LogP contribution in [-0.2, 0) is 15.7 Å². The van der Waals surface area contributed by atoms with Gasteiger partial charge in [0.25, 0.3) is 0 Å². The first-order valence-corrected chi connectivity index (χ1v) is 8.16. The van der Waals surface area contributed by atoms with Crippen LogP contribution in [0.15, 0.2) is 60.5 Å². The molecule has 0 fully saturated rings. The predicted molar refractivity (Wildman–Crippen MR) is 92.9 cm³/mol. The van der Waals surface area contributed by atoms with Gasteiger partial charge in [-0.1, -0.05) is 42.5 Å². The molecule has 0 bridgehead atoms. The predicted octanol–water partition coefficient (Wildman–Crippen LogP) is 4.62. The smallest absolute Gasteiger partial charge is 0.446 e. The van der Waals surface area contributed by atoms with Gasteiger partial charge < -0.3 is 15.4 Å². The third-order valence-electron chi connectivity index (χ3n) is 3.70. The van der Waals surface area contributed by atoms with Crippen molar-refractivity contribution in [1.82, 2.24) is 10.6 Å². The van der Waals surface area contributed by atoms with E-state index in [2.05, 4.69) is 10.6 Å². The summed E-state index contributed by atoms with van der Waals surface area (Å²) in [6.45, 7) is 0. The van der Waals surface area contributed by atoms with Crippen LogP contribution in [0.4, 0.5) is 26.3 Å². The molecule has 10 heteroatoms. The molecule has 0 aromatic heterocycles. The number of benzene rings is 2. The number of carbonyl (C=O) groups is 1. The number of aldehydes is 1. The van der Waals surface area contributed by atoms with Crippen molar-refractivity contribution in [1.29, 1.82) is 0 Å². The van der Waals surface area contributed by atoms with Gasteiger partial charge in [-0.2, -0.15) is 26.3 Å². The molecular weight excluding hydrogens is 402 g/mol. The molecule has 1 aliphatic heterocycles. The Balaban J connectivity index is 0.000000438. The van der Waals surface area contributed by atoms with Crippen molar-refractivity contribution in [3.05, 3.63) is 77.2 Å². The van der Waals surface area contributed by atoms with Crippen LogP contribution < -0.4 is 10.6 Å². The van der Waals surface area contributed by atoms with E-state index in [1.807, 2.05) is 30.3 Å². The van der Waals surface area contributed by atoms with E-state index in [0.717, 1.165) is 23.4 Å². The molecule has 0 radical (unpaired) electrons. The summed E-state index contributed by atoms with van der Waals surface area (Å²) in [6, 6.07) is 14.5. The first kappa shape index (κ1) is 22.1. The fraction of sp³-hybridized carbons (Fsp3) is 0.211. The van der Waals surface area contributed by atoms with Gasteiger partial charge in [-0.15, -0.1) is 0 Å². The summed E-state index contributed by atoms with van der Waals surface area (Å²) < 4.78 is 74.9. The standard InChI is InChI=1S/C17H15F3N2O.C2HF3O/c1-21-16-14(11-5-3-2-4-6-11)22-15(23-16)12-7-9-13(10-8-12)17(18,19)20;3-2(4,5)1-6/h2-10,15,21-22H,1H3;1H. The normalized spacial score (nSPS) is 16.3. The van der Waals surface area contributed by atoms with Crippen molar-refractivity contribution in [2.45, 2.75) is 18.6 Å². The van der Waals surface area contributed by atoms with Gasteiger partial charge in [-0.25, -0.2) is 0 Å². The lowest BCUT2D eigenvalue weighted by Crippen LogP contribution is -2.15. The highest BCUT2D eigenvalue weighted by Crippen LogP contribution is 2.33. The number of hydrogen-bond acceptors (Lipinski definition) is 4. The van der Waals surface area contributed by atoms with Crippen LogP contribution in [0.3, 0.4) is 0 Å². The van der Waals surface area contributed by atoms with E-state index in [4.69, 9.17) is 9.53 Å². The largest absolute Gasteiger partial charge is 0.450 e. The van der Waals surface area contributed by atoms with Gasteiger partial charge in [0.05, 0.1) is 5.56 Å². The van der Waals surface area contributed by atoms with E-state index in [1.54, 1.807) is 7.05 Å². The quantitative estimate of drug-likeness (QED) is 0.565. The highest BCUT2D eigenvalue weighted by Gasteiger charge is 2.31. The Hall–Kier alpha value is -3.17. The Morgan fingerprint density at radius 2 is 1.52 bits per heavy atom. The number of halogens is 6. The van der Waals surface area contributed by atoms with Crippen LogP contribution in [0.5, 0.6) is 0 Å². The number of hydrogen-bond donors (Lipinski definition) is 2. The maximum absolute atomic E-state index is 12.6. The zero-order valence-electron chi connectivity index (χ0n) is 14.9. The van der Waals surface area contributed by atoms with Crippen molar-refractivity contribution in [3.63, 3.8) is 0 Å². The molecule has 0 spiro atoms. The molecule has 3 rings (SSSR count). The molecule has 0 amide bonds. The lowest BCUT2D eigenvalue weighted by molar-refractivity contribution is -0.156. The van der Waals surface area contributed by atoms with Crippen LogP contribution >= 0.6 is 0 Å². The summed E-state index contributed by atoms with van der Waals surface area (Å²) >= 11 is 0. The van der Waals surface area contributed by atoms with Crippen molar-refractivity contribution >= 4 is 12.0 Å². The minimum absolute atomic E-state index is 0.532. The molecule has 4 nitrogen and oxygen atoms in total. The molecule has 29 heavy (non-hydrogen) atoms. The molecule has 2 N–H and O–H groups in total. The third-order valence-corrected chi connectivity index (χ3v) is 3.70. The second kappa shape index (κ2) is 8.89. The summed E-state index contributed by atoms with van der Waals surface area (Å²) in [7, 11) is 1.73. The Labute approximate surface area is 162 Å². The van der Waals surface area contributed by atoms with Gasteiger partial charge in [0, 0.05) is 18.2 Å². The molecule has 2 aromatic rings. The minimum Gasteiger partial charge on any atom is -0.450 e. The van der Waals surface area contributed by atoms with Crippen molar-refractivity contribution in [3.8, 4) is 0 Å². The van der Waals surface area contributed by atoms with Gasteiger partial charge >= 0.3 is 12.4 Å². The number of rotatable bonds is 3. The minimum atomic E-state index is -4.64. The van der Waals surface area contributed by atoms with Gasteiger partial charge in [0.15, 0.2) is 6.23 Å². The highest BCUT2D eigenvalue weighted by atomic mass is 19.4. The second-order valence-corrected chi connectivity index (χ2v) is 5.74. The van der Waals surface area contributed by atoms with Crippen LogP contribution in [-0.4, -0.2) is 19.5 Å². The van der Waals surface area contributed by atoms with E-state index in [0.29, 0.717) is 11.4 Å². The van der Waals surface area contributed by atoms with Crippen molar-refractivity contribution < 1.29 is 35.9 Å². The molecule has 1 aliphatic rings. The SMILES string of the molecule is CNC1=C(c2ccccc2)NC(c2ccc(C(F)(F)F)cc2)O1.O=CC(F)(F)F. The van der Waals surface area contributed by atoms with E-state index in [-0.39, 0.29) is 0 Å². The van der Waals surface area contributed by atoms with E-state index >= 15 is 0 Å². The van der Waals surface area contributed by atoms with E-state index in [9.17, 15) is 26.3 Å². The van der Waals surface area contributed by atoms with E-state index in [1.165, 1.54) is 12.1 Å². The Morgan fingerprint density at radius 3 is 1.97 bits per heavy atom. The topological polar surface area (TPSA) is 50.4 Å². The maximum atomic E-state index is 12.6. The third kappa shape index (κ3) is 6.16. The van der Waals surface area contributed by atoms with Gasteiger partial charge in [-0.3, -0.25) is 4.79 Å². The summed E-state index contributed by atoms with van der Waals surface area (Å²) in [5, 5.41) is 6.16. The van der Waals surface area contributed by atoms with Gasteiger partial charge in [0.1, 0.15) is 5.70 Å². The lowest BCUT2D eigenvalue weighted by atomic mass is 10.1. The molecule has 1 unspecified atom stereocenters. The van der Waals surface area contributed by atoms with Crippen molar-refractivity contribution in [2.75, 3.05) is 7.05 Å². The summed E-state index contributed by atoms with van der Waals surface area (Å²) in [6.07, 6.45) is -10.6. The molecular formula is C19H16F6N2O2. The van der Waals surface area contributed by atoms with Crippen LogP contribution in [0.2, 0.25) is 0 Å². The molecule has 2 aromatic carbocycles. The molecule has 1 heterocycles. The van der Waals surface area contributed by atoms with E-state index < -0.39 is 30.4 Å². The molecule has 0 saturated heterocycles. The summed E-state index contributed by atoms with van der Waals surface area (Å²) in [4.78, 5) is 8.70. The Bertz CT molecular complexity index is 846. The van der Waals surface area contributed by atoms with Gasteiger partial charge in [-0.05, 0) is 12.1 Å². The lowest BCUT2D eigenvalue weighted by Gasteiger charge is -2.14. The molecule has 1 atom stereocenters. The highest BCUT2D eigenvalue weighted by molar-refractivity contribution is 5.67. The number of carbonyl (C=O) groups excluding carboxylic acids is 1. The van der Waals surface area contributed by atoms with Gasteiger partial charge in [0.2, 0.25) is 12.2 Å². The number of ether oxygens (including phenoxy) is 1. The first-order chi connectivity index (χ1) is 13.5. The number of nitrogens with one attached hydrogen (secondary N) is 2. The van der Waals surface area contributed by atoms with Crippen LogP contribution in [0, 0.1) is 0 Å². The second-order valence-electron chi connectivity index (χ2n) is 5.74. The molecule has 0 saturated carbocycles. The summed E-state index contributed by atoms with van der Waals surface area (Å²) in [5.74, 6) is 0.557. The average Bonchev–Trinajstić information content (AvgIpc) is 3.12. The van der Waals surface area contributed by atoms with Crippen LogP contribution in [0.25, 0.3) is 5.70 Å². The maximum Gasteiger partial charge on any atom is 0.446 e. The number of alkyl halides is 6. The Morgan fingerprint density at radius 1 is 0.966 bits per heavy atom. The fourth-order valence-electron chi connectivity index (χ4n) is 2.40. The fourth-order valence-corrected chi connectivity index (χ4v) is 2.40. The zero-order valence-corrected chi connectivity index (χ0v) is 14.9. The first-order valence-electron chi connectivity index (χ1n) is 8.16.